The first-order valence-corrected chi connectivity index (χ1v) is 5.73. The molecule has 1 heterocycles. The zero-order valence-electron chi connectivity index (χ0n) is 10.0. The van der Waals surface area contributed by atoms with Crippen LogP contribution in [0.5, 0.6) is 0 Å². The van der Waals surface area contributed by atoms with E-state index in [2.05, 4.69) is 9.97 Å². The van der Waals surface area contributed by atoms with Crippen molar-refractivity contribution >= 4 is 17.0 Å². The number of carboxylic acids is 1. The Kier molecular flexibility index (Phi) is 2.71. The third kappa shape index (κ3) is 1.91. The Morgan fingerprint density at radius 1 is 1.15 bits per heavy atom. The Morgan fingerprint density at radius 2 is 1.95 bits per heavy atom. The van der Waals surface area contributed by atoms with Gasteiger partial charge in [0.05, 0.1) is 11.1 Å². The molecule has 0 aliphatic carbocycles. The quantitative estimate of drug-likeness (QED) is 0.754. The second-order valence-corrected chi connectivity index (χ2v) is 4.22. The summed E-state index contributed by atoms with van der Waals surface area (Å²) in [4.78, 5) is 18.1. The molecule has 0 saturated carbocycles. The van der Waals surface area contributed by atoms with Crippen molar-refractivity contribution in [2.75, 3.05) is 0 Å². The Hall–Kier alpha value is -2.76. The molecule has 0 radical (unpaired) electrons. The van der Waals surface area contributed by atoms with Crippen LogP contribution in [0.1, 0.15) is 10.4 Å². The van der Waals surface area contributed by atoms with Gasteiger partial charge >= 0.3 is 5.97 Å². The minimum atomic E-state index is -1.10. The van der Waals surface area contributed by atoms with E-state index < -0.39 is 17.6 Å². The molecule has 2 N–H and O–H groups in total. The number of H-pyrrole nitrogens is 1. The maximum atomic E-state index is 13.2. The topological polar surface area (TPSA) is 66.0 Å². The summed E-state index contributed by atoms with van der Waals surface area (Å²) in [7, 11) is 0. The van der Waals surface area contributed by atoms with Gasteiger partial charge in [0.25, 0.3) is 0 Å². The lowest BCUT2D eigenvalue weighted by Gasteiger charge is -1.97. The largest absolute Gasteiger partial charge is 0.478 e. The fraction of sp³-hybridized carbons (Fsp3) is 0. The highest BCUT2D eigenvalue weighted by Crippen LogP contribution is 2.24. The number of hydrogen-bond acceptors (Lipinski definition) is 2. The number of nitrogens with zero attached hydrogens (tertiary/aromatic N) is 1. The Balaban J connectivity index is 2.20. The lowest BCUT2D eigenvalue weighted by Crippen LogP contribution is -1.96. The van der Waals surface area contributed by atoms with Gasteiger partial charge in [0.2, 0.25) is 0 Å². The molecule has 2 aromatic carbocycles. The molecule has 100 valence electrons. The predicted octanol–water partition coefficient (Wildman–Crippen LogP) is 3.21. The number of rotatable bonds is 2. The fourth-order valence-electron chi connectivity index (χ4n) is 1.98. The van der Waals surface area contributed by atoms with Crippen LogP contribution < -0.4 is 0 Å². The van der Waals surface area contributed by atoms with Crippen molar-refractivity contribution in [3.05, 3.63) is 53.6 Å². The number of aromatic amines is 1. The van der Waals surface area contributed by atoms with Crippen LogP contribution in [0.4, 0.5) is 8.78 Å². The highest BCUT2D eigenvalue weighted by atomic mass is 19.2. The Bertz CT molecular complexity index is 827. The normalized spacial score (nSPS) is 10.9. The molecule has 0 unspecified atom stereocenters. The highest BCUT2D eigenvalue weighted by molar-refractivity contribution is 6.01. The van der Waals surface area contributed by atoms with Crippen molar-refractivity contribution in [2.24, 2.45) is 0 Å². The summed E-state index contributed by atoms with van der Waals surface area (Å²) < 4.78 is 26.1. The molecule has 0 fully saturated rings. The van der Waals surface area contributed by atoms with Crippen LogP contribution in [0, 0.1) is 11.6 Å². The van der Waals surface area contributed by atoms with Crippen molar-refractivity contribution in [3.63, 3.8) is 0 Å². The molecule has 20 heavy (non-hydrogen) atoms. The van der Waals surface area contributed by atoms with Crippen molar-refractivity contribution in [3.8, 4) is 11.4 Å². The summed E-state index contributed by atoms with van der Waals surface area (Å²) in [5.41, 5.74) is 1.19. The van der Waals surface area contributed by atoms with Crippen LogP contribution in [0.3, 0.4) is 0 Å². The summed E-state index contributed by atoms with van der Waals surface area (Å²) in [5.74, 6) is -2.75. The van der Waals surface area contributed by atoms with Crippen molar-refractivity contribution in [2.45, 2.75) is 0 Å². The maximum absolute atomic E-state index is 13.2. The van der Waals surface area contributed by atoms with E-state index in [0.29, 0.717) is 11.1 Å². The second-order valence-electron chi connectivity index (χ2n) is 4.22. The summed E-state index contributed by atoms with van der Waals surface area (Å²) in [5, 5.41) is 9.08. The van der Waals surface area contributed by atoms with E-state index in [1.165, 1.54) is 12.1 Å². The summed E-state index contributed by atoms with van der Waals surface area (Å²) in [6.07, 6.45) is 0. The number of fused-ring (bicyclic) bond motifs is 1. The number of aromatic carboxylic acids is 1. The minimum Gasteiger partial charge on any atom is -0.478 e. The first kappa shape index (κ1) is 12.3. The average Bonchev–Trinajstić information content (AvgIpc) is 2.85. The van der Waals surface area contributed by atoms with Gasteiger partial charge in [-0.1, -0.05) is 6.07 Å². The Morgan fingerprint density at radius 3 is 2.65 bits per heavy atom. The number of para-hydroxylation sites is 1. The zero-order chi connectivity index (χ0) is 14.3. The number of benzene rings is 2. The molecule has 4 nitrogen and oxygen atoms in total. The molecule has 0 bridgehead atoms. The van der Waals surface area contributed by atoms with Crippen molar-refractivity contribution in [1.82, 2.24) is 9.97 Å². The van der Waals surface area contributed by atoms with Gasteiger partial charge in [0.1, 0.15) is 11.3 Å². The number of hydrogen-bond donors (Lipinski definition) is 2. The van der Waals surface area contributed by atoms with Crippen molar-refractivity contribution in [1.29, 1.82) is 0 Å². The fourth-order valence-corrected chi connectivity index (χ4v) is 1.98. The van der Waals surface area contributed by atoms with Gasteiger partial charge in [-0.3, -0.25) is 0 Å². The summed E-state index contributed by atoms with van der Waals surface area (Å²) >= 11 is 0. The molecule has 0 spiro atoms. The van der Waals surface area contributed by atoms with Gasteiger partial charge in [0, 0.05) is 5.56 Å². The molecule has 0 aliphatic heterocycles. The summed E-state index contributed by atoms with van der Waals surface area (Å²) in [6, 6.07) is 8.05. The van der Waals surface area contributed by atoms with Gasteiger partial charge in [-0.15, -0.1) is 0 Å². The minimum absolute atomic E-state index is 0.0487. The van der Waals surface area contributed by atoms with Crippen LogP contribution in [0.15, 0.2) is 36.4 Å². The van der Waals surface area contributed by atoms with Gasteiger partial charge in [-0.05, 0) is 30.3 Å². The standard InChI is InChI=1S/C14H8F2N2O2/c15-9-5-4-7(6-10(9)16)13-17-11-3-1-2-8(14(19)20)12(11)18-13/h1-6H,(H,17,18)(H,19,20). The van der Waals surface area contributed by atoms with Gasteiger partial charge in [-0.25, -0.2) is 18.6 Å². The third-order valence-electron chi connectivity index (χ3n) is 2.94. The lowest BCUT2D eigenvalue weighted by atomic mass is 10.2. The molecule has 0 aliphatic rings. The molecule has 3 aromatic rings. The lowest BCUT2D eigenvalue weighted by molar-refractivity contribution is 0.0699. The SMILES string of the molecule is O=C(O)c1cccc2[nH]c(-c3ccc(F)c(F)c3)nc12. The van der Waals surface area contributed by atoms with E-state index in [0.717, 1.165) is 12.1 Å². The van der Waals surface area contributed by atoms with Crippen LogP contribution in [-0.4, -0.2) is 21.0 Å². The molecular weight excluding hydrogens is 266 g/mol. The van der Waals surface area contributed by atoms with Crippen LogP contribution in [-0.2, 0) is 0 Å². The molecule has 0 saturated heterocycles. The number of carbonyl (C=O) groups is 1. The van der Waals surface area contributed by atoms with E-state index >= 15 is 0 Å². The van der Waals surface area contributed by atoms with Crippen LogP contribution >= 0.6 is 0 Å². The first-order valence-electron chi connectivity index (χ1n) is 5.73. The number of nitrogens with one attached hydrogen (secondary N) is 1. The highest BCUT2D eigenvalue weighted by Gasteiger charge is 2.14. The first-order chi connectivity index (χ1) is 9.56. The molecule has 0 atom stereocenters. The maximum Gasteiger partial charge on any atom is 0.337 e. The van der Waals surface area contributed by atoms with E-state index in [1.54, 1.807) is 12.1 Å². The number of aromatic nitrogens is 2. The zero-order valence-corrected chi connectivity index (χ0v) is 10.0. The smallest absolute Gasteiger partial charge is 0.337 e. The number of imidazole rings is 1. The molecule has 6 heteroatoms. The average molecular weight is 274 g/mol. The number of carboxylic acid groups (broad SMARTS) is 1. The van der Waals surface area contributed by atoms with Gasteiger partial charge in [-0.2, -0.15) is 0 Å². The Labute approximate surface area is 111 Å². The van der Waals surface area contributed by atoms with E-state index in [-0.39, 0.29) is 16.9 Å². The predicted molar refractivity (Wildman–Crippen MR) is 68.4 cm³/mol. The van der Waals surface area contributed by atoms with Gasteiger partial charge < -0.3 is 10.1 Å². The molecule has 1 aromatic heterocycles. The van der Waals surface area contributed by atoms with E-state index in [1.807, 2.05) is 0 Å². The molecular formula is C14H8F2N2O2. The van der Waals surface area contributed by atoms with E-state index in [4.69, 9.17) is 5.11 Å². The number of halogens is 2. The summed E-state index contributed by atoms with van der Waals surface area (Å²) in [6.45, 7) is 0. The second kappa shape index (κ2) is 4.41. The molecule has 3 rings (SSSR count). The van der Waals surface area contributed by atoms with Crippen LogP contribution in [0.25, 0.3) is 22.4 Å². The van der Waals surface area contributed by atoms with Gasteiger partial charge in [0.15, 0.2) is 11.6 Å². The molecule has 0 amide bonds. The monoisotopic (exact) mass is 274 g/mol. The van der Waals surface area contributed by atoms with Crippen molar-refractivity contribution < 1.29 is 18.7 Å². The van der Waals surface area contributed by atoms with E-state index in [9.17, 15) is 13.6 Å². The third-order valence-corrected chi connectivity index (χ3v) is 2.94. The van der Waals surface area contributed by atoms with Crippen LogP contribution in [0.2, 0.25) is 0 Å².